The molecule has 2 aromatic carbocycles. The van der Waals surface area contributed by atoms with Crippen molar-refractivity contribution in [2.45, 2.75) is 12.8 Å². The predicted octanol–water partition coefficient (Wildman–Crippen LogP) is 2.77. The quantitative estimate of drug-likeness (QED) is 0.440. The Morgan fingerprint density at radius 1 is 1.30 bits per heavy atom. The highest BCUT2D eigenvalue weighted by atomic mass is 16.6. The molecule has 0 aliphatic carbocycles. The summed E-state index contributed by atoms with van der Waals surface area (Å²) in [5, 5.41) is 10.8. The van der Waals surface area contributed by atoms with Crippen LogP contribution in [0.25, 0.3) is 0 Å². The lowest BCUT2D eigenvalue weighted by Crippen LogP contribution is -2.38. The van der Waals surface area contributed by atoms with Gasteiger partial charge in [-0.2, -0.15) is 0 Å². The van der Waals surface area contributed by atoms with E-state index in [9.17, 15) is 19.7 Å². The summed E-state index contributed by atoms with van der Waals surface area (Å²) in [6.45, 7) is 0.298. The van der Waals surface area contributed by atoms with E-state index < -0.39 is 4.92 Å². The Morgan fingerprint density at radius 2 is 2.11 bits per heavy atom. The van der Waals surface area contributed by atoms with Crippen LogP contribution in [0.15, 0.2) is 36.4 Å². The lowest BCUT2D eigenvalue weighted by molar-refractivity contribution is -0.384. The molecule has 1 aliphatic heterocycles. The van der Waals surface area contributed by atoms with Crippen molar-refractivity contribution in [1.29, 1.82) is 0 Å². The number of carbonyl (C=O) groups is 2. The number of aldehydes is 1. The van der Waals surface area contributed by atoms with Crippen molar-refractivity contribution in [3.8, 4) is 11.5 Å². The normalized spacial score (nSPS) is 12.9. The summed E-state index contributed by atoms with van der Waals surface area (Å²) in [6.07, 6.45) is 2.15. The van der Waals surface area contributed by atoms with Crippen LogP contribution in [0.3, 0.4) is 0 Å². The number of anilines is 1. The molecule has 0 N–H and O–H groups in total. The number of ether oxygens (including phenoxy) is 2. The molecule has 0 aromatic heterocycles. The van der Waals surface area contributed by atoms with Gasteiger partial charge in [0.1, 0.15) is 11.5 Å². The fraction of sp³-hybridized carbons (Fsp3) is 0.263. The number of amides is 1. The van der Waals surface area contributed by atoms with Crippen LogP contribution in [0.2, 0.25) is 0 Å². The smallest absolute Gasteiger partial charge is 0.270 e. The first-order valence-corrected chi connectivity index (χ1v) is 8.37. The van der Waals surface area contributed by atoms with Gasteiger partial charge in [-0.15, -0.1) is 0 Å². The molecule has 1 aliphatic rings. The second kappa shape index (κ2) is 7.86. The molecule has 1 heterocycles. The van der Waals surface area contributed by atoms with Gasteiger partial charge in [-0.05, 0) is 42.7 Å². The molecule has 0 saturated carbocycles. The maximum absolute atomic E-state index is 12.6. The van der Waals surface area contributed by atoms with Crippen LogP contribution in [-0.4, -0.2) is 37.4 Å². The van der Waals surface area contributed by atoms with Crippen molar-refractivity contribution in [1.82, 2.24) is 0 Å². The van der Waals surface area contributed by atoms with Crippen LogP contribution >= 0.6 is 0 Å². The molecule has 8 heteroatoms. The van der Waals surface area contributed by atoms with Gasteiger partial charge in [0.2, 0.25) is 0 Å². The number of methoxy groups -OCH3 is 1. The van der Waals surface area contributed by atoms with Gasteiger partial charge in [-0.3, -0.25) is 19.7 Å². The Bertz CT molecular complexity index is 896. The van der Waals surface area contributed by atoms with Crippen molar-refractivity contribution in [2.75, 3.05) is 25.2 Å². The number of aryl methyl sites for hydroxylation is 1. The molecule has 2 aromatic rings. The van der Waals surface area contributed by atoms with Gasteiger partial charge in [0.05, 0.1) is 17.6 Å². The van der Waals surface area contributed by atoms with Crippen LogP contribution in [-0.2, 0) is 11.2 Å². The third kappa shape index (κ3) is 3.89. The van der Waals surface area contributed by atoms with Crippen molar-refractivity contribution in [2.24, 2.45) is 0 Å². The number of non-ortho nitro benzene ring substituents is 1. The van der Waals surface area contributed by atoms with Crippen LogP contribution in [0.5, 0.6) is 11.5 Å². The second-order valence-electron chi connectivity index (χ2n) is 6.03. The molecule has 0 atom stereocenters. The fourth-order valence-electron chi connectivity index (χ4n) is 3.05. The number of hydrogen-bond donors (Lipinski definition) is 0. The highest BCUT2D eigenvalue weighted by molar-refractivity contribution is 5.96. The first-order chi connectivity index (χ1) is 13.0. The zero-order valence-corrected chi connectivity index (χ0v) is 14.7. The molecular weight excluding hydrogens is 352 g/mol. The summed E-state index contributed by atoms with van der Waals surface area (Å²) < 4.78 is 10.7. The minimum absolute atomic E-state index is 0.0285. The van der Waals surface area contributed by atoms with Gasteiger partial charge in [0.25, 0.3) is 11.6 Å². The van der Waals surface area contributed by atoms with Crippen LogP contribution in [0.1, 0.15) is 22.3 Å². The summed E-state index contributed by atoms with van der Waals surface area (Å²) in [5.41, 5.74) is 1.66. The summed E-state index contributed by atoms with van der Waals surface area (Å²) in [5.74, 6) is 0.619. The summed E-state index contributed by atoms with van der Waals surface area (Å²) in [7, 11) is 1.59. The minimum atomic E-state index is -0.596. The average molecular weight is 370 g/mol. The van der Waals surface area contributed by atoms with Crippen LogP contribution in [0.4, 0.5) is 11.4 Å². The molecule has 140 valence electrons. The maximum Gasteiger partial charge on any atom is 0.270 e. The van der Waals surface area contributed by atoms with Crippen molar-refractivity contribution in [3.05, 3.63) is 57.6 Å². The number of carbonyl (C=O) groups excluding carboxylic acids is 2. The van der Waals surface area contributed by atoms with E-state index in [1.165, 1.54) is 12.1 Å². The molecule has 0 bridgehead atoms. The van der Waals surface area contributed by atoms with E-state index in [0.29, 0.717) is 12.8 Å². The lowest BCUT2D eigenvalue weighted by atomic mass is 10.0. The molecule has 0 saturated heterocycles. The van der Waals surface area contributed by atoms with E-state index in [1.807, 2.05) is 12.1 Å². The van der Waals surface area contributed by atoms with Crippen LogP contribution < -0.4 is 14.4 Å². The van der Waals surface area contributed by atoms with E-state index in [0.717, 1.165) is 35.9 Å². The molecule has 0 fully saturated rings. The van der Waals surface area contributed by atoms with Gasteiger partial charge >= 0.3 is 0 Å². The molecule has 3 rings (SSSR count). The molecule has 0 unspecified atom stereocenters. The zero-order valence-electron chi connectivity index (χ0n) is 14.7. The number of nitro groups is 1. The monoisotopic (exact) mass is 370 g/mol. The molecule has 0 radical (unpaired) electrons. The zero-order chi connectivity index (χ0) is 19.4. The Hall–Kier alpha value is -3.42. The van der Waals surface area contributed by atoms with Crippen molar-refractivity contribution < 1.29 is 24.0 Å². The van der Waals surface area contributed by atoms with E-state index in [-0.39, 0.29) is 29.5 Å². The van der Waals surface area contributed by atoms with Gasteiger partial charge in [-0.1, -0.05) is 0 Å². The topological polar surface area (TPSA) is 99.0 Å². The third-order valence-corrected chi connectivity index (χ3v) is 4.39. The summed E-state index contributed by atoms with van der Waals surface area (Å²) in [6, 6.07) is 9.23. The second-order valence-corrected chi connectivity index (χ2v) is 6.03. The Labute approximate surface area is 155 Å². The summed E-state index contributed by atoms with van der Waals surface area (Å²) in [4.78, 5) is 35.6. The largest absolute Gasteiger partial charge is 0.497 e. The minimum Gasteiger partial charge on any atom is -0.497 e. The highest BCUT2D eigenvalue weighted by Crippen LogP contribution is 2.31. The number of benzene rings is 2. The van der Waals surface area contributed by atoms with E-state index in [2.05, 4.69) is 0 Å². The molecule has 27 heavy (non-hydrogen) atoms. The Kier molecular flexibility index (Phi) is 5.35. The number of fused-ring (bicyclic) bond motifs is 1. The van der Waals surface area contributed by atoms with Gasteiger partial charge < -0.3 is 14.4 Å². The fourth-order valence-corrected chi connectivity index (χ4v) is 3.05. The Morgan fingerprint density at radius 3 is 2.81 bits per heavy atom. The van der Waals surface area contributed by atoms with Gasteiger partial charge in [0.15, 0.2) is 12.9 Å². The first kappa shape index (κ1) is 18.4. The maximum atomic E-state index is 12.6. The molecule has 0 spiro atoms. The molecule has 8 nitrogen and oxygen atoms in total. The molecule has 1 amide bonds. The first-order valence-electron chi connectivity index (χ1n) is 8.37. The van der Waals surface area contributed by atoms with E-state index in [1.54, 1.807) is 18.1 Å². The SMILES string of the molecule is COc1ccc2c(c1)CCCN2C(=O)COc1ccc([N+](=O)[O-])cc1C=O. The third-order valence-electron chi connectivity index (χ3n) is 4.39. The van der Waals surface area contributed by atoms with Gasteiger partial charge in [-0.25, -0.2) is 0 Å². The van der Waals surface area contributed by atoms with Crippen LogP contribution in [0, 0.1) is 10.1 Å². The molecular formula is C19H18N2O6. The number of nitrogens with zero attached hydrogens (tertiary/aromatic N) is 2. The van der Waals surface area contributed by atoms with E-state index >= 15 is 0 Å². The average Bonchev–Trinajstić information content (AvgIpc) is 2.70. The standard InChI is InChI=1S/C19H18N2O6/c1-26-16-5-6-17-13(10-16)3-2-8-20(17)19(23)12-27-18-7-4-15(21(24)25)9-14(18)11-22/h4-7,9-11H,2-3,8,12H2,1H3. The lowest BCUT2D eigenvalue weighted by Gasteiger charge is -2.29. The summed E-state index contributed by atoms with van der Waals surface area (Å²) >= 11 is 0. The number of rotatable bonds is 6. The van der Waals surface area contributed by atoms with Crippen molar-refractivity contribution in [3.63, 3.8) is 0 Å². The predicted molar refractivity (Wildman–Crippen MR) is 97.6 cm³/mol. The number of hydrogen-bond acceptors (Lipinski definition) is 6. The Balaban J connectivity index is 1.74. The van der Waals surface area contributed by atoms with E-state index in [4.69, 9.17) is 9.47 Å². The van der Waals surface area contributed by atoms with Gasteiger partial charge in [0, 0.05) is 24.4 Å². The van der Waals surface area contributed by atoms with Crippen molar-refractivity contribution >= 4 is 23.6 Å². The highest BCUT2D eigenvalue weighted by Gasteiger charge is 2.23. The number of nitro benzene ring substituents is 1.